The average Bonchev–Trinajstić information content (AvgIpc) is 2.68. The Morgan fingerprint density at radius 1 is 1.41 bits per heavy atom. The van der Waals surface area contributed by atoms with E-state index in [4.69, 9.17) is 10.5 Å². The van der Waals surface area contributed by atoms with Crippen molar-refractivity contribution in [3.8, 4) is 0 Å². The SMILES string of the molecule is CCCCOCc1nc(N)c2cnn(C)c2n1. The fourth-order valence-corrected chi connectivity index (χ4v) is 1.57. The molecule has 2 heterocycles. The molecule has 0 amide bonds. The molecule has 0 atom stereocenters. The van der Waals surface area contributed by atoms with E-state index < -0.39 is 0 Å². The smallest absolute Gasteiger partial charge is 0.163 e. The minimum Gasteiger partial charge on any atom is -0.383 e. The van der Waals surface area contributed by atoms with Crippen LogP contribution in [0.1, 0.15) is 25.6 Å². The molecule has 2 aromatic heterocycles. The van der Waals surface area contributed by atoms with Gasteiger partial charge < -0.3 is 10.5 Å². The molecule has 0 saturated heterocycles. The number of nitrogens with two attached hydrogens (primary N) is 1. The summed E-state index contributed by atoms with van der Waals surface area (Å²) in [5.74, 6) is 1.06. The van der Waals surface area contributed by atoms with Gasteiger partial charge in [0, 0.05) is 13.7 Å². The van der Waals surface area contributed by atoms with Crippen molar-refractivity contribution in [1.82, 2.24) is 19.7 Å². The summed E-state index contributed by atoms with van der Waals surface area (Å²) in [6.07, 6.45) is 3.83. The van der Waals surface area contributed by atoms with Crippen molar-refractivity contribution in [2.45, 2.75) is 26.4 Å². The van der Waals surface area contributed by atoms with Crippen molar-refractivity contribution >= 4 is 16.9 Å². The van der Waals surface area contributed by atoms with Gasteiger partial charge in [0.15, 0.2) is 11.5 Å². The Morgan fingerprint density at radius 2 is 2.24 bits per heavy atom. The molecule has 0 radical (unpaired) electrons. The van der Waals surface area contributed by atoms with Crippen LogP contribution < -0.4 is 5.73 Å². The second-order valence-electron chi connectivity index (χ2n) is 3.94. The van der Waals surface area contributed by atoms with Gasteiger partial charge in [0.05, 0.1) is 11.6 Å². The van der Waals surface area contributed by atoms with Crippen molar-refractivity contribution < 1.29 is 4.74 Å². The highest BCUT2D eigenvalue weighted by Gasteiger charge is 2.08. The van der Waals surface area contributed by atoms with Gasteiger partial charge in [-0.05, 0) is 6.42 Å². The monoisotopic (exact) mass is 235 g/mol. The number of rotatable bonds is 5. The summed E-state index contributed by atoms with van der Waals surface area (Å²) < 4.78 is 7.15. The van der Waals surface area contributed by atoms with Gasteiger partial charge in [-0.1, -0.05) is 13.3 Å². The first-order chi connectivity index (χ1) is 8.22. The highest BCUT2D eigenvalue weighted by molar-refractivity contribution is 5.84. The molecule has 6 heteroatoms. The molecular weight excluding hydrogens is 218 g/mol. The predicted octanol–water partition coefficient (Wildman–Crippen LogP) is 1.26. The van der Waals surface area contributed by atoms with E-state index in [0.717, 1.165) is 30.5 Å². The van der Waals surface area contributed by atoms with Crippen LogP contribution in [0.3, 0.4) is 0 Å². The van der Waals surface area contributed by atoms with E-state index in [-0.39, 0.29) is 0 Å². The van der Waals surface area contributed by atoms with E-state index in [0.29, 0.717) is 18.2 Å². The highest BCUT2D eigenvalue weighted by atomic mass is 16.5. The third kappa shape index (κ3) is 2.52. The quantitative estimate of drug-likeness (QED) is 0.789. The lowest BCUT2D eigenvalue weighted by atomic mass is 10.4. The summed E-state index contributed by atoms with van der Waals surface area (Å²) in [5, 5.41) is 4.88. The van der Waals surface area contributed by atoms with Gasteiger partial charge in [-0.25, -0.2) is 9.97 Å². The second kappa shape index (κ2) is 5.09. The zero-order chi connectivity index (χ0) is 12.3. The van der Waals surface area contributed by atoms with Gasteiger partial charge in [0.2, 0.25) is 0 Å². The van der Waals surface area contributed by atoms with Crippen LogP contribution in [-0.2, 0) is 18.4 Å². The molecule has 2 aromatic rings. The first kappa shape index (κ1) is 11.8. The maximum absolute atomic E-state index is 5.84. The van der Waals surface area contributed by atoms with Crippen molar-refractivity contribution in [2.24, 2.45) is 7.05 Å². The Hall–Kier alpha value is -1.69. The van der Waals surface area contributed by atoms with Gasteiger partial charge >= 0.3 is 0 Å². The van der Waals surface area contributed by atoms with Gasteiger partial charge in [-0.3, -0.25) is 4.68 Å². The van der Waals surface area contributed by atoms with Crippen LogP contribution in [0.5, 0.6) is 0 Å². The number of ether oxygens (including phenoxy) is 1. The van der Waals surface area contributed by atoms with Crippen LogP contribution in [0.25, 0.3) is 11.0 Å². The first-order valence-corrected chi connectivity index (χ1v) is 5.74. The Balaban J connectivity index is 2.15. The number of nitrogens with zero attached hydrogens (tertiary/aromatic N) is 4. The summed E-state index contributed by atoms with van der Waals surface area (Å²) >= 11 is 0. The van der Waals surface area contributed by atoms with Gasteiger partial charge in [0.1, 0.15) is 12.4 Å². The Morgan fingerprint density at radius 3 is 3.00 bits per heavy atom. The summed E-state index contributed by atoms with van der Waals surface area (Å²) in [6, 6.07) is 0. The molecule has 0 aliphatic carbocycles. The number of anilines is 1. The number of aromatic nitrogens is 4. The van der Waals surface area contributed by atoms with E-state index >= 15 is 0 Å². The van der Waals surface area contributed by atoms with Crippen LogP contribution >= 0.6 is 0 Å². The van der Waals surface area contributed by atoms with Crippen molar-refractivity contribution in [1.29, 1.82) is 0 Å². The molecule has 92 valence electrons. The molecule has 17 heavy (non-hydrogen) atoms. The van der Waals surface area contributed by atoms with Gasteiger partial charge in [-0.2, -0.15) is 5.10 Å². The largest absolute Gasteiger partial charge is 0.383 e. The lowest BCUT2D eigenvalue weighted by Gasteiger charge is -2.04. The molecule has 0 saturated carbocycles. The first-order valence-electron chi connectivity index (χ1n) is 5.74. The molecule has 0 aliphatic rings. The fraction of sp³-hybridized carbons (Fsp3) is 0.545. The normalized spacial score (nSPS) is 11.2. The summed E-state index contributed by atoms with van der Waals surface area (Å²) in [5.41, 5.74) is 6.58. The lowest BCUT2D eigenvalue weighted by molar-refractivity contribution is 0.113. The van der Waals surface area contributed by atoms with Crippen LogP contribution in [0.2, 0.25) is 0 Å². The number of unbranched alkanes of at least 4 members (excludes halogenated alkanes) is 1. The number of hydrogen-bond acceptors (Lipinski definition) is 5. The second-order valence-corrected chi connectivity index (χ2v) is 3.94. The number of hydrogen-bond donors (Lipinski definition) is 1. The Bertz CT molecular complexity index is 508. The minimum atomic E-state index is 0.394. The molecule has 0 aliphatic heterocycles. The van der Waals surface area contributed by atoms with Crippen molar-refractivity contribution in [3.63, 3.8) is 0 Å². The molecule has 0 fully saturated rings. The topological polar surface area (TPSA) is 78.9 Å². The van der Waals surface area contributed by atoms with Crippen molar-refractivity contribution in [3.05, 3.63) is 12.0 Å². The molecule has 2 N–H and O–H groups in total. The van der Waals surface area contributed by atoms with E-state index in [1.54, 1.807) is 10.9 Å². The average molecular weight is 235 g/mol. The van der Waals surface area contributed by atoms with E-state index in [1.165, 1.54) is 0 Å². The minimum absolute atomic E-state index is 0.394. The molecular formula is C11H17N5O. The lowest BCUT2D eigenvalue weighted by Crippen LogP contribution is -2.05. The molecule has 0 unspecified atom stereocenters. The third-order valence-corrected chi connectivity index (χ3v) is 2.54. The maximum atomic E-state index is 5.84. The van der Waals surface area contributed by atoms with Crippen LogP contribution in [0, 0.1) is 0 Å². The van der Waals surface area contributed by atoms with Crippen molar-refractivity contribution in [2.75, 3.05) is 12.3 Å². The van der Waals surface area contributed by atoms with Crippen LogP contribution in [-0.4, -0.2) is 26.4 Å². The molecule has 0 bridgehead atoms. The molecule has 6 nitrogen and oxygen atoms in total. The zero-order valence-electron chi connectivity index (χ0n) is 10.2. The number of nitrogen functional groups attached to an aromatic ring is 1. The standard InChI is InChI=1S/C11H17N5O/c1-3-4-5-17-7-9-14-10(12)8-6-13-16(2)11(8)15-9/h6H,3-5,7H2,1-2H3,(H2,12,14,15). The molecule has 0 aromatic carbocycles. The maximum Gasteiger partial charge on any atom is 0.163 e. The number of fused-ring (bicyclic) bond motifs is 1. The molecule has 0 spiro atoms. The fourth-order valence-electron chi connectivity index (χ4n) is 1.57. The zero-order valence-corrected chi connectivity index (χ0v) is 10.2. The molecule has 2 rings (SSSR count). The highest BCUT2D eigenvalue weighted by Crippen LogP contribution is 2.16. The summed E-state index contributed by atoms with van der Waals surface area (Å²) in [4.78, 5) is 8.58. The third-order valence-electron chi connectivity index (χ3n) is 2.54. The summed E-state index contributed by atoms with van der Waals surface area (Å²) in [6.45, 7) is 3.24. The van der Waals surface area contributed by atoms with E-state index in [1.807, 2.05) is 7.05 Å². The Labute approximate surface area is 99.8 Å². The predicted molar refractivity (Wildman–Crippen MR) is 65.3 cm³/mol. The van der Waals surface area contributed by atoms with E-state index in [9.17, 15) is 0 Å². The van der Waals surface area contributed by atoms with Gasteiger partial charge in [0.25, 0.3) is 0 Å². The number of aryl methyl sites for hydroxylation is 1. The summed E-state index contributed by atoms with van der Waals surface area (Å²) in [7, 11) is 1.83. The van der Waals surface area contributed by atoms with Crippen LogP contribution in [0.4, 0.5) is 5.82 Å². The Kier molecular flexibility index (Phi) is 3.53. The van der Waals surface area contributed by atoms with Crippen LogP contribution in [0.15, 0.2) is 6.20 Å². The van der Waals surface area contributed by atoms with Gasteiger partial charge in [-0.15, -0.1) is 0 Å². The van der Waals surface area contributed by atoms with E-state index in [2.05, 4.69) is 22.0 Å².